The first-order valence-corrected chi connectivity index (χ1v) is 11.5. The number of hydrogen-bond acceptors (Lipinski definition) is 4. The normalized spacial score (nSPS) is 11.8. The van der Waals surface area contributed by atoms with Crippen molar-refractivity contribution in [2.45, 2.75) is 25.2 Å². The van der Waals surface area contributed by atoms with Crippen molar-refractivity contribution < 1.29 is 8.42 Å². The standard InChI is InChI=1S/C24H27N3O2S/c1-19(2)14-16-26-30(28,29)24-7-3-6-23(17-24)27-22-12-10-20(11-13-22)8-9-21-5-4-15-25-18-21/h3-13,15,17-19,26-27H,14,16H2,1-2H3/b9-8+. The topological polar surface area (TPSA) is 71.1 Å². The zero-order chi connectivity index (χ0) is 21.4. The van der Waals surface area contributed by atoms with E-state index in [1.54, 1.807) is 24.4 Å². The molecule has 3 rings (SSSR count). The van der Waals surface area contributed by atoms with E-state index in [0.29, 0.717) is 12.5 Å². The van der Waals surface area contributed by atoms with Crippen LogP contribution in [0.15, 0.2) is 78.0 Å². The number of rotatable bonds is 9. The molecule has 0 aliphatic carbocycles. The van der Waals surface area contributed by atoms with Crippen LogP contribution in [0.3, 0.4) is 0 Å². The third-order valence-corrected chi connectivity index (χ3v) is 5.97. The molecule has 0 atom stereocenters. The van der Waals surface area contributed by atoms with Gasteiger partial charge in [0, 0.05) is 30.3 Å². The molecule has 1 heterocycles. The highest BCUT2D eigenvalue weighted by Gasteiger charge is 2.14. The molecule has 2 N–H and O–H groups in total. The number of anilines is 2. The average Bonchev–Trinajstić information content (AvgIpc) is 2.74. The zero-order valence-corrected chi connectivity index (χ0v) is 18.1. The van der Waals surface area contributed by atoms with E-state index in [4.69, 9.17) is 0 Å². The lowest BCUT2D eigenvalue weighted by atomic mass is 10.1. The molecule has 0 saturated carbocycles. The molecule has 2 aromatic carbocycles. The largest absolute Gasteiger partial charge is 0.355 e. The Bertz CT molecular complexity index is 1080. The summed E-state index contributed by atoms with van der Waals surface area (Å²) in [6.45, 7) is 4.57. The predicted molar refractivity (Wildman–Crippen MR) is 124 cm³/mol. The lowest BCUT2D eigenvalue weighted by Crippen LogP contribution is -2.25. The van der Waals surface area contributed by atoms with Gasteiger partial charge in [0.1, 0.15) is 0 Å². The second-order valence-electron chi connectivity index (χ2n) is 7.47. The van der Waals surface area contributed by atoms with Crippen LogP contribution in [0.4, 0.5) is 11.4 Å². The van der Waals surface area contributed by atoms with E-state index in [9.17, 15) is 8.42 Å². The van der Waals surface area contributed by atoms with Crippen LogP contribution in [0.2, 0.25) is 0 Å². The Balaban J connectivity index is 1.65. The minimum atomic E-state index is -3.52. The maximum Gasteiger partial charge on any atom is 0.240 e. The van der Waals surface area contributed by atoms with Crippen molar-refractivity contribution >= 4 is 33.6 Å². The lowest BCUT2D eigenvalue weighted by Gasteiger charge is -2.11. The number of aromatic nitrogens is 1. The Kier molecular flexibility index (Phi) is 7.38. The fourth-order valence-electron chi connectivity index (χ4n) is 2.82. The van der Waals surface area contributed by atoms with E-state index >= 15 is 0 Å². The maximum absolute atomic E-state index is 12.5. The monoisotopic (exact) mass is 421 g/mol. The second-order valence-corrected chi connectivity index (χ2v) is 9.24. The summed E-state index contributed by atoms with van der Waals surface area (Å²) in [6.07, 6.45) is 8.40. The van der Waals surface area contributed by atoms with Crippen molar-refractivity contribution in [3.8, 4) is 0 Å². The maximum atomic E-state index is 12.5. The molecule has 156 valence electrons. The van der Waals surface area contributed by atoms with Gasteiger partial charge < -0.3 is 5.32 Å². The molecule has 0 saturated heterocycles. The van der Waals surface area contributed by atoms with E-state index < -0.39 is 10.0 Å². The fraction of sp³-hybridized carbons (Fsp3) is 0.208. The van der Waals surface area contributed by atoms with Gasteiger partial charge in [-0.05, 0) is 59.9 Å². The van der Waals surface area contributed by atoms with Crippen molar-refractivity contribution in [3.05, 3.63) is 84.2 Å². The van der Waals surface area contributed by atoms with Crippen molar-refractivity contribution in [1.29, 1.82) is 0 Å². The highest BCUT2D eigenvalue weighted by molar-refractivity contribution is 7.89. The van der Waals surface area contributed by atoms with E-state index in [2.05, 4.69) is 28.9 Å². The molecule has 0 radical (unpaired) electrons. The quantitative estimate of drug-likeness (QED) is 0.490. The van der Waals surface area contributed by atoms with Gasteiger partial charge in [-0.15, -0.1) is 0 Å². The first-order valence-electron chi connectivity index (χ1n) is 9.97. The van der Waals surface area contributed by atoms with Crippen LogP contribution in [0.1, 0.15) is 31.4 Å². The van der Waals surface area contributed by atoms with E-state index in [0.717, 1.165) is 28.9 Å². The summed E-state index contributed by atoms with van der Waals surface area (Å²) in [5.41, 5.74) is 3.71. The highest BCUT2D eigenvalue weighted by atomic mass is 32.2. The van der Waals surface area contributed by atoms with Crippen LogP contribution >= 0.6 is 0 Å². The van der Waals surface area contributed by atoms with E-state index in [1.165, 1.54) is 0 Å². The number of sulfonamides is 1. The molecule has 30 heavy (non-hydrogen) atoms. The first-order chi connectivity index (χ1) is 14.4. The van der Waals surface area contributed by atoms with Gasteiger partial charge in [-0.25, -0.2) is 13.1 Å². The van der Waals surface area contributed by atoms with Crippen molar-refractivity contribution in [1.82, 2.24) is 9.71 Å². The van der Waals surface area contributed by atoms with E-state index in [1.807, 2.05) is 60.8 Å². The first kappa shape index (κ1) is 21.7. The smallest absolute Gasteiger partial charge is 0.240 e. The van der Waals surface area contributed by atoms with Crippen molar-refractivity contribution in [2.75, 3.05) is 11.9 Å². The van der Waals surface area contributed by atoms with Gasteiger partial charge in [0.15, 0.2) is 0 Å². The predicted octanol–water partition coefficient (Wildman–Crippen LogP) is 5.32. The molecule has 0 aliphatic rings. The Morgan fingerprint density at radius 3 is 2.40 bits per heavy atom. The van der Waals surface area contributed by atoms with Gasteiger partial charge in [-0.2, -0.15) is 0 Å². The molecular weight excluding hydrogens is 394 g/mol. The second kappa shape index (κ2) is 10.2. The molecule has 0 unspecified atom stereocenters. The number of pyridine rings is 1. The fourth-order valence-corrected chi connectivity index (χ4v) is 3.91. The van der Waals surface area contributed by atoms with E-state index in [-0.39, 0.29) is 4.90 Å². The molecule has 0 fully saturated rings. The summed E-state index contributed by atoms with van der Waals surface area (Å²) in [7, 11) is -3.52. The minimum Gasteiger partial charge on any atom is -0.355 e. The third-order valence-electron chi connectivity index (χ3n) is 4.51. The molecule has 5 nitrogen and oxygen atoms in total. The summed E-state index contributed by atoms with van der Waals surface area (Å²) in [4.78, 5) is 4.35. The van der Waals surface area contributed by atoms with Crippen LogP contribution in [-0.2, 0) is 10.0 Å². The van der Waals surface area contributed by atoms with Crippen LogP contribution in [-0.4, -0.2) is 19.9 Å². The van der Waals surface area contributed by atoms with Gasteiger partial charge >= 0.3 is 0 Å². The Labute approximate surface area is 178 Å². The molecule has 0 bridgehead atoms. The van der Waals surface area contributed by atoms with Crippen LogP contribution in [0.5, 0.6) is 0 Å². The Hall–Kier alpha value is -2.96. The molecular formula is C24H27N3O2S. The third kappa shape index (κ3) is 6.54. The lowest BCUT2D eigenvalue weighted by molar-refractivity contribution is 0.551. The summed E-state index contributed by atoms with van der Waals surface area (Å²) >= 11 is 0. The van der Waals surface area contributed by atoms with Crippen molar-refractivity contribution in [3.63, 3.8) is 0 Å². The van der Waals surface area contributed by atoms with Crippen molar-refractivity contribution in [2.24, 2.45) is 5.92 Å². The molecule has 1 aromatic heterocycles. The van der Waals surface area contributed by atoms with Crippen LogP contribution in [0, 0.1) is 5.92 Å². The molecule has 3 aromatic rings. The summed E-state index contributed by atoms with van der Waals surface area (Å²) in [5.74, 6) is 0.447. The number of nitrogens with one attached hydrogen (secondary N) is 2. The number of benzene rings is 2. The molecule has 0 amide bonds. The van der Waals surface area contributed by atoms with Crippen LogP contribution in [0.25, 0.3) is 12.2 Å². The number of nitrogens with zero attached hydrogens (tertiary/aromatic N) is 1. The summed E-state index contributed by atoms with van der Waals surface area (Å²) < 4.78 is 27.7. The summed E-state index contributed by atoms with van der Waals surface area (Å²) in [5, 5.41) is 3.27. The Morgan fingerprint density at radius 2 is 1.70 bits per heavy atom. The molecule has 0 spiro atoms. The zero-order valence-electron chi connectivity index (χ0n) is 17.2. The average molecular weight is 422 g/mol. The Morgan fingerprint density at radius 1 is 0.933 bits per heavy atom. The van der Waals surface area contributed by atoms with Gasteiger partial charge in [-0.3, -0.25) is 4.98 Å². The highest BCUT2D eigenvalue weighted by Crippen LogP contribution is 2.21. The molecule has 6 heteroatoms. The summed E-state index contributed by atoms with van der Waals surface area (Å²) in [6, 6.07) is 18.7. The van der Waals surface area contributed by atoms with Crippen LogP contribution < -0.4 is 10.0 Å². The minimum absolute atomic E-state index is 0.257. The van der Waals surface area contributed by atoms with Gasteiger partial charge in [0.05, 0.1) is 4.90 Å². The SMILES string of the molecule is CC(C)CCNS(=O)(=O)c1cccc(Nc2ccc(/C=C/c3cccnc3)cc2)c1. The van der Waals surface area contributed by atoms with Gasteiger partial charge in [0.2, 0.25) is 10.0 Å². The molecule has 0 aliphatic heterocycles. The number of hydrogen-bond donors (Lipinski definition) is 2. The van der Waals surface area contributed by atoms with Gasteiger partial charge in [-0.1, -0.05) is 50.3 Å². The van der Waals surface area contributed by atoms with Gasteiger partial charge in [0.25, 0.3) is 0 Å².